The normalized spacial score (nSPS) is 11.5. The Hall–Kier alpha value is -2.99. The van der Waals surface area contributed by atoms with E-state index in [1.807, 2.05) is 50.2 Å². The largest absolute Gasteiger partial charge is 0.345 e. The van der Waals surface area contributed by atoms with E-state index >= 15 is 0 Å². The van der Waals surface area contributed by atoms with Crippen molar-refractivity contribution in [2.24, 2.45) is 7.05 Å². The fourth-order valence-electron chi connectivity index (χ4n) is 2.94. The van der Waals surface area contributed by atoms with Crippen molar-refractivity contribution < 1.29 is 0 Å². The molecule has 0 aromatic carbocycles. The quantitative estimate of drug-likeness (QED) is 0.526. The molecule has 0 spiro atoms. The van der Waals surface area contributed by atoms with Gasteiger partial charge in [-0.15, -0.1) is 11.3 Å². The average molecular weight is 331 g/mol. The topological polar surface area (TPSA) is 59.4 Å². The summed E-state index contributed by atoms with van der Waals surface area (Å²) in [4.78, 5) is 13.5. The first-order valence-electron chi connectivity index (χ1n) is 7.59. The maximum absolute atomic E-state index is 4.74. The van der Waals surface area contributed by atoms with E-state index in [0.29, 0.717) is 0 Å². The summed E-state index contributed by atoms with van der Waals surface area (Å²) in [5.41, 5.74) is 4.01. The van der Waals surface area contributed by atoms with Gasteiger partial charge in [-0.2, -0.15) is 5.10 Å². The molecule has 5 heterocycles. The van der Waals surface area contributed by atoms with E-state index in [1.165, 1.54) is 20.5 Å². The molecule has 0 fully saturated rings. The Morgan fingerprint density at radius 2 is 2.12 bits per heavy atom. The second-order valence-corrected chi connectivity index (χ2v) is 6.81. The van der Waals surface area contributed by atoms with Crippen LogP contribution in [0.5, 0.6) is 0 Å². The number of thiophene rings is 1. The molecule has 0 radical (unpaired) electrons. The molecular formula is C18H13N5S. The van der Waals surface area contributed by atoms with E-state index in [4.69, 9.17) is 4.98 Å². The molecule has 1 N–H and O–H groups in total. The van der Waals surface area contributed by atoms with E-state index in [1.54, 1.807) is 16.0 Å². The van der Waals surface area contributed by atoms with E-state index in [-0.39, 0.29) is 0 Å². The van der Waals surface area contributed by atoms with Gasteiger partial charge in [-0.1, -0.05) is 0 Å². The second kappa shape index (κ2) is 5.01. The van der Waals surface area contributed by atoms with Crippen molar-refractivity contribution >= 4 is 32.5 Å². The van der Waals surface area contributed by atoms with E-state index in [2.05, 4.69) is 27.2 Å². The molecule has 0 aliphatic heterocycles. The van der Waals surface area contributed by atoms with Gasteiger partial charge >= 0.3 is 0 Å². The van der Waals surface area contributed by atoms with Gasteiger partial charge in [0.05, 0.1) is 16.6 Å². The van der Waals surface area contributed by atoms with Crippen LogP contribution in [0.2, 0.25) is 0 Å². The number of nitrogens with zero attached hydrogens (tertiary/aromatic N) is 4. The van der Waals surface area contributed by atoms with Gasteiger partial charge in [-0.3, -0.25) is 9.67 Å². The predicted octanol–water partition coefficient (Wildman–Crippen LogP) is 4.24. The molecule has 0 aliphatic rings. The predicted molar refractivity (Wildman–Crippen MR) is 96.9 cm³/mol. The minimum atomic E-state index is 0.891. The lowest BCUT2D eigenvalue weighted by Gasteiger charge is -1.98. The number of aromatic nitrogens is 5. The Kier molecular flexibility index (Phi) is 2.80. The lowest BCUT2D eigenvalue weighted by Crippen LogP contribution is -1.85. The van der Waals surface area contributed by atoms with Crippen LogP contribution in [-0.4, -0.2) is 24.7 Å². The maximum Gasteiger partial charge on any atom is 0.138 e. The van der Waals surface area contributed by atoms with Crippen molar-refractivity contribution in [2.45, 2.75) is 0 Å². The third-order valence-corrected chi connectivity index (χ3v) is 5.25. The molecule has 0 bridgehead atoms. The number of hydrogen-bond donors (Lipinski definition) is 1. The Morgan fingerprint density at radius 3 is 2.96 bits per heavy atom. The molecule has 116 valence electrons. The summed E-state index contributed by atoms with van der Waals surface area (Å²) in [5.74, 6) is 0. The zero-order valence-corrected chi connectivity index (χ0v) is 13.7. The number of aromatic amines is 1. The SMILES string of the molecule is Cn1cc(-c2ccc3c(-c4cc5ccncc5s4)c[nH]c3n2)cn1. The monoisotopic (exact) mass is 331 g/mol. The highest BCUT2D eigenvalue weighted by Crippen LogP contribution is 2.37. The molecule has 0 aliphatic carbocycles. The molecule has 5 aromatic rings. The van der Waals surface area contributed by atoms with Crippen molar-refractivity contribution in [1.29, 1.82) is 0 Å². The smallest absolute Gasteiger partial charge is 0.138 e. The third kappa shape index (κ3) is 2.04. The van der Waals surface area contributed by atoms with Crippen molar-refractivity contribution in [2.75, 3.05) is 0 Å². The van der Waals surface area contributed by atoms with Gasteiger partial charge in [0.25, 0.3) is 0 Å². The van der Waals surface area contributed by atoms with Crippen LogP contribution in [0.1, 0.15) is 0 Å². The molecule has 0 saturated carbocycles. The van der Waals surface area contributed by atoms with Crippen LogP contribution >= 0.6 is 11.3 Å². The summed E-state index contributed by atoms with van der Waals surface area (Å²) in [7, 11) is 1.91. The van der Waals surface area contributed by atoms with Gasteiger partial charge in [-0.05, 0) is 29.7 Å². The molecular weight excluding hydrogens is 318 g/mol. The lowest BCUT2D eigenvalue weighted by atomic mass is 10.1. The van der Waals surface area contributed by atoms with Crippen LogP contribution in [0.4, 0.5) is 0 Å². The molecule has 0 amide bonds. The molecule has 5 nitrogen and oxygen atoms in total. The van der Waals surface area contributed by atoms with Crippen LogP contribution in [-0.2, 0) is 7.05 Å². The molecule has 6 heteroatoms. The number of hydrogen-bond acceptors (Lipinski definition) is 4. The highest BCUT2D eigenvalue weighted by atomic mass is 32.1. The van der Waals surface area contributed by atoms with Gasteiger partial charge in [0.2, 0.25) is 0 Å². The highest BCUT2D eigenvalue weighted by molar-refractivity contribution is 7.22. The van der Waals surface area contributed by atoms with Gasteiger partial charge < -0.3 is 4.98 Å². The number of rotatable bonds is 2. The summed E-state index contributed by atoms with van der Waals surface area (Å²) in [6.07, 6.45) is 9.57. The minimum absolute atomic E-state index is 0.891. The van der Waals surface area contributed by atoms with Gasteiger partial charge in [-0.25, -0.2) is 4.98 Å². The maximum atomic E-state index is 4.74. The average Bonchev–Trinajstić information content (AvgIpc) is 3.30. The summed E-state index contributed by atoms with van der Waals surface area (Å²) in [5, 5.41) is 6.56. The molecule has 0 atom stereocenters. The summed E-state index contributed by atoms with van der Waals surface area (Å²) in [6, 6.07) is 8.42. The molecule has 0 saturated heterocycles. The Morgan fingerprint density at radius 1 is 1.17 bits per heavy atom. The Labute approximate surface area is 141 Å². The van der Waals surface area contributed by atoms with Crippen molar-refractivity contribution in [3.05, 3.63) is 55.2 Å². The number of fused-ring (bicyclic) bond motifs is 2. The Balaban J connectivity index is 1.65. The van der Waals surface area contributed by atoms with E-state index < -0.39 is 0 Å². The number of pyridine rings is 2. The van der Waals surface area contributed by atoms with Gasteiger partial charge in [0.1, 0.15) is 5.65 Å². The zero-order valence-electron chi connectivity index (χ0n) is 12.9. The second-order valence-electron chi connectivity index (χ2n) is 5.72. The van der Waals surface area contributed by atoms with E-state index in [9.17, 15) is 0 Å². The lowest BCUT2D eigenvalue weighted by molar-refractivity contribution is 0.768. The summed E-state index contributed by atoms with van der Waals surface area (Å²) in [6.45, 7) is 0. The first kappa shape index (κ1) is 13.4. The minimum Gasteiger partial charge on any atom is -0.345 e. The van der Waals surface area contributed by atoms with Crippen LogP contribution in [0, 0.1) is 0 Å². The molecule has 24 heavy (non-hydrogen) atoms. The van der Waals surface area contributed by atoms with Crippen molar-refractivity contribution in [1.82, 2.24) is 24.7 Å². The van der Waals surface area contributed by atoms with Crippen molar-refractivity contribution in [3.63, 3.8) is 0 Å². The first-order valence-corrected chi connectivity index (χ1v) is 8.41. The molecule has 0 unspecified atom stereocenters. The Bertz CT molecular complexity index is 1150. The molecule has 5 rings (SSSR count). The fourth-order valence-corrected chi connectivity index (χ4v) is 4.00. The zero-order chi connectivity index (χ0) is 16.1. The fraction of sp³-hybridized carbons (Fsp3) is 0.0556. The third-order valence-electron chi connectivity index (χ3n) is 4.13. The summed E-state index contributed by atoms with van der Waals surface area (Å²) < 4.78 is 2.98. The van der Waals surface area contributed by atoms with E-state index in [0.717, 1.165) is 22.3 Å². The number of aryl methyl sites for hydroxylation is 1. The number of H-pyrrole nitrogens is 1. The van der Waals surface area contributed by atoms with Crippen LogP contribution < -0.4 is 0 Å². The van der Waals surface area contributed by atoms with Gasteiger partial charge in [0.15, 0.2) is 0 Å². The van der Waals surface area contributed by atoms with Crippen LogP contribution in [0.15, 0.2) is 55.2 Å². The summed E-state index contributed by atoms with van der Waals surface area (Å²) >= 11 is 1.75. The van der Waals surface area contributed by atoms with Gasteiger partial charge in [0, 0.05) is 53.2 Å². The van der Waals surface area contributed by atoms with Crippen LogP contribution in [0.25, 0.3) is 42.8 Å². The highest BCUT2D eigenvalue weighted by Gasteiger charge is 2.12. The van der Waals surface area contributed by atoms with Crippen LogP contribution in [0.3, 0.4) is 0 Å². The first-order chi connectivity index (χ1) is 11.8. The molecule has 5 aromatic heterocycles. The number of nitrogens with one attached hydrogen (secondary N) is 1. The van der Waals surface area contributed by atoms with Crippen molar-refractivity contribution in [3.8, 4) is 21.7 Å². The standard InChI is InChI=1S/C18H13N5S/c1-23-10-12(7-21-23)15-3-2-13-14(8-20-18(13)22-15)16-6-11-4-5-19-9-17(11)24-16/h2-10H,1H3,(H,20,22).